The molecule has 0 spiro atoms. The van der Waals surface area contributed by atoms with Crippen LogP contribution >= 0.6 is 0 Å². The van der Waals surface area contributed by atoms with Crippen LogP contribution in [0.5, 0.6) is 0 Å². The molecule has 1 aliphatic carbocycles. The first-order valence-electron chi connectivity index (χ1n) is 8.28. The summed E-state index contributed by atoms with van der Waals surface area (Å²) in [7, 11) is 0. The molecule has 0 aromatic rings. The van der Waals surface area contributed by atoms with Crippen LogP contribution in [0.3, 0.4) is 0 Å². The Hall–Kier alpha value is -0.550. The second-order valence-electron chi connectivity index (χ2n) is 4.73. The molecule has 0 bridgehead atoms. The van der Waals surface area contributed by atoms with Crippen molar-refractivity contribution in [1.82, 2.24) is 0 Å². The number of unbranched alkanes of at least 4 members (excludes halogenated alkanes) is 3. The summed E-state index contributed by atoms with van der Waals surface area (Å²) in [6.07, 6.45) is 17.9. The Morgan fingerprint density at radius 1 is 0.833 bits per heavy atom. The van der Waals surface area contributed by atoms with Crippen molar-refractivity contribution in [2.24, 2.45) is 0 Å². The van der Waals surface area contributed by atoms with Gasteiger partial charge >= 0.3 is 52.4 Å². The fourth-order valence-electron chi connectivity index (χ4n) is 1.13. The van der Waals surface area contributed by atoms with Crippen LogP contribution in [0.2, 0.25) is 0 Å². The van der Waals surface area contributed by atoms with Gasteiger partial charge in [-0.25, -0.2) is 0 Å². The Kier molecular flexibility index (Phi) is 35.7. The van der Waals surface area contributed by atoms with Crippen molar-refractivity contribution in [3.05, 3.63) is 59.5 Å². The van der Waals surface area contributed by atoms with Crippen molar-refractivity contribution in [2.75, 3.05) is 19.8 Å². The van der Waals surface area contributed by atoms with Crippen LogP contribution in [0.15, 0.2) is 59.5 Å². The number of rotatable bonds is 9. The minimum absolute atomic E-state index is 0.0337. The minimum atomic E-state index is 0.0337. The predicted molar refractivity (Wildman–Crippen MR) is 94.7 cm³/mol. The molecule has 1 aliphatic rings. The van der Waals surface area contributed by atoms with E-state index in [0.29, 0.717) is 0 Å². The van der Waals surface area contributed by atoms with Crippen molar-refractivity contribution in [1.29, 1.82) is 0 Å². The molecule has 0 radical (unpaired) electrons. The third-order valence-electron chi connectivity index (χ3n) is 2.43. The first kappa shape index (κ1) is 28.3. The molecule has 24 heavy (non-hydrogen) atoms. The van der Waals surface area contributed by atoms with E-state index in [0.717, 1.165) is 38.5 Å². The summed E-state index contributed by atoms with van der Waals surface area (Å²) in [5, 5.41) is 28.9. The van der Waals surface area contributed by atoms with E-state index in [2.05, 4.69) is 38.0 Å². The van der Waals surface area contributed by atoms with Crippen molar-refractivity contribution in [2.45, 2.75) is 44.9 Å². The average molecular weight is 499 g/mol. The molecule has 4 heteroatoms. The SMILES string of the molecule is C=CCCC[O-].C=CCCC[O-].C=CCCC[O-].[Hf+3][C]1=CC=CC1. The molecular weight excluding hydrogens is 467 g/mol. The van der Waals surface area contributed by atoms with Gasteiger partial charge < -0.3 is 15.3 Å². The van der Waals surface area contributed by atoms with E-state index < -0.39 is 0 Å². The first-order valence-corrected chi connectivity index (χ1v) is 10.1. The molecule has 0 N–H and O–H groups in total. The predicted octanol–water partition coefficient (Wildman–Crippen LogP) is 2.32. The molecule has 0 heterocycles. The molecule has 0 unspecified atom stereocenters. The van der Waals surface area contributed by atoms with Crippen LogP contribution in [0.1, 0.15) is 44.9 Å². The second kappa shape index (κ2) is 30.3. The van der Waals surface area contributed by atoms with Gasteiger partial charge in [0.25, 0.3) is 0 Å². The Morgan fingerprint density at radius 2 is 1.21 bits per heavy atom. The summed E-state index contributed by atoms with van der Waals surface area (Å²) < 4.78 is 1.61. The quantitative estimate of drug-likeness (QED) is 0.278. The standard InChI is InChI=1S/3C5H9O.C5H5.Hf/c3*1-2-3-4-5-6;1-2-4-5-3-1;/h3*2H,1,3-5H2;1-3H,4H2;/q3*-1;;+3. The third kappa shape index (κ3) is 37.6. The molecular formula is C20H32HfO3. The molecule has 0 aromatic heterocycles. The molecule has 0 amide bonds. The van der Waals surface area contributed by atoms with Crippen molar-refractivity contribution in [3.63, 3.8) is 0 Å². The summed E-state index contributed by atoms with van der Waals surface area (Å²) >= 11 is 1.25. The number of hydrogen-bond donors (Lipinski definition) is 0. The van der Waals surface area contributed by atoms with E-state index in [1.54, 1.807) is 21.6 Å². The first-order chi connectivity index (χ1) is 11.6. The van der Waals surface area contributed by atoms with Crippen LogP contribution in [0, 0.1) is 0 Å². The molecule has 0 fully saturated rings. The van der Waals surface area contributed by atoms with Gasteiger partial charge in [0.2, 0.25) is 0 Å². The van der Waals surface area contributed by atoms with E-state index >= 15 is 0 Å². The summed E-state index contributed by atoms with van der Waals surface area (Å²) in [6.45, 7) is 10.5. The molecule has 0 aromatic carbocycles. The zero-order valence-corrected chi connectivity index (χ0v) is 18.5. The van der Waals surface area contributed by atoms with Crippen LogP contribution in [-0.4, -0.2) is 19.8 Å². The van der Waals surface area contributed by atoms with Gasteiger partial charge in [0.15, 0.2) is 0 Å². The molecule has 3 nitrogen and oxygen atoms in total. The van der Waals surface area contributed by atoms with Gasteiger partial charge in [0, 0.05) is 0 Å². The maximum atomic E-state index is 9.64. The molecule has 1 rings (SSSR count). The van der Waals surface area contributed by atoms with Crippen LogP contribution in [0.25, 0.3) is 0 Å². The van der Waals surface area contributed by atoms with Gasteiger partial charge in [-0.05, 0) is 19.3 Å². The summed E-state index contributed by atoms with van der Waals surface area (Å²) in [6, 6.07) is 0. The Balaban J connectivity index is -0.000000245. The third-order valence-corrected chi connectivity index (χ3v) is 3.76. The molecule has 134 valence electrons. The van der Waals surface area contributed by atoms with E-state index in [4.69, 9.17) is 0 Å². The number of hydrogen-bond acceptors (Lipinski definition) is 3. The van der Waals surface area contributed by atoms with Crippen LogP contribution in [0.4, 0.5) is 0 Å². The fourth-order valence-corrected chi connectivity index (χ4v) is 1.90. The van der Waals surface area contributed by atoms with Crippen LogP contribution < -0.4 is 15.3 Å². The topological polar surface area (TPSA) is 69.2 Å². The summed E-state index contributed by atoms with van der Waals surface area (Å²) in [5.74, 6) is 0. The summed E-state index contributed by atoms with van der Waals surface area (Å²) in [5.41, 5.74) is 0. The Bertz CT molecular complexity index is 294. The van der Waals surface area contributed by atoms with Gasteiger partial charge in [0.05, 0.1) is 0 Å². The molecule has 0 aliphatic heterocycles. The van der Waals surface area contributed by atoms with Crippen LogP contribution in [-0.2, 0) is 24.4 Å². The van der Waals surface area contributed by atoms with E-state index in [1.807, 2.05) is 0 Å². The number of allylic oxidation sites excluding steroid dienone is 7. The molecule has 0 saturated carbocycles. The fraction of sp³-hybridized carbons (Fsp3) is 0.500. The zero-order chi connectivity index (χ0) is 18.9. The van der Waals surface area contributed by atoms with Crippen molar-refractivity contribution >= 4 is 0 Å². The summed E-state index contributed by atoms with van der Waals surface area (Å²) in [4.78, 5) is 0. The van der Waals surface area contributed by atoms with Gasteiger partial charge in [-0.1, -0.05) is 37.5 Å². The molecule has 0 saturated heterocycles. The van der Waals surface area contributed by atoms with E-state index in [1.165, 1.54) is 30.8 Å². The monoisotopic (exact) mass is 500 g/mol. The average Bonchev–Trinajstić information content (AvgIpc) is 3.09. The van der Waals surface area contributed by atoms with Gasteiger partial charge in [-0.2, -0.15) is 0 Å². The Labute approximate surface area is 163 Å². The Morgan fingerprint density at radius 3 is 1.29 bits per heavy atom. The second-order valence-corrected chi connectivity index (χ2v) is 7.04. The van der Waals surface area contributed by atoms with Gasteiger partial charge in [0.1, 0.15) is 0 Å². The van der Waals surface area contributed by atoms with Gasteiger partial charge in [-0.3, -0.25) is 0 Å². The maximum absolute atomic E-state index is 9.64. The normalized spacial score (nSPS) is 10.8. The van der Waals surface area contributed by atoms with Crippen molar-refractivity contribution in [3.8, 4) is 0 Å². The zero-order valence-electron chi connectivity index (χ0n) is 14.9. The van der Waals surface area contributed by atoms with E-state index in [9.17, 15) is 15.3 Å². The van der Waals surface area contributed by atoms with E-state index in [-0.39, 0.29) is 19.8 Å². The van der Waals surface area contributed by atoms with Gasteiger partial charge in [-0.15, -0.1) is 39.6 Å². The van der Waals surface area contributed by atoms with Crippen molar-refractivity contribution < 1.29 is 39.7 Å². The molecule has 0 atom stereocenters.